The van der Waals surface area contributed by atoms with Gasteiger partial charge in [0.25, 0.3) is 0 Å². The van der Waals surface area contributed by atoms with Crippen LogP contribution in [0.25, 0.3) is 0 Å². The van der Waals surface area contributed by atoms with Gasteiger partial charge in [0.05, 0.1) is 5.69 Å². The first-order valence-electron chi connectivity index (χ1n) is 6.06. The molecule has 1 aromatic rings. The Bertz CT molecular complexity index is 312. The monoisotopic (exact) mass is 220 g/mol. The van der Waals surface area contributed by atoms with Gasteiger partial charge in [-0.2, -0.15) is 5.10 Å². The summed E-state index contributed by atoms with van der Waals surface area (Å²) in [5.41, 5.74) is 1.07. The summed E-state index contributed by atoms with van der Waals surface area (Å²) in [4.78, 5) is 2.30. The molecule has 2 heterocycles. The molecule has 4 nitrogen and oxygen atoms in total. The zero-order valence-electron chi connectivity index (χ0n) is 10.1. The Hall–Kier alpha value is -1.16. The summed E-state index contributed by atoms with van der Waals surface area (Å²) in [6.07, 6.45) is 1.17. The van der Waals surface area contributed by atoms with E-state index < -0.39 is 0 Å². The fraction of sp³-hybridized carbons (Fsp3) is 0.667. The van der Waals surface area contributed by atoms with Crippen molar-refractivity contribution in [1.29, 1.82) is 0 Å². The van der Waals surface area contributed by atoms with E-state index in [0.29, 0.717) is 5.92 Å². The first-order valence-corrected chi connectivity index (χ1v) is 6.06. The summed E-state index contributed by atoms with van der Waals surface area (Å²) in [6.45, 7) is 8.51. The maximum atomic E-state index is 4.31. The Balaban J connectivity index is 2.07. The van der Waals surface area contributed by atoms with Crippen molar-refractivity contribution in [1.82, 2.24) is 15.5 Å². The molecular weight excluding hydrogens is 200 g/mol. The Kier molecular flexibility index (Phi) is 3.72. The van der Waals surface area contributed by atoms with Crippen LogP contribution in [0.4, 0.5) is 5.82 Å². The summed E-state index contributed by atoms with van der Waals surface area (Å²) >= 11 is 0. The predicted octanol–water partition coefficient (Wildman–Crippen LogP) is 1.40. The van der Waals surface area contributed by atoms with Crippen molar-refractivity contribution < 1.29 is 0 Å². The van der Waals surface area contributed by atoms with E-state index in [1.807, 2.05) is 0 Å². The molecule has 4 heteroatoms. The highest BCUT2D eigenvalue weighted by Gasteiger charge is 2.11. The molecule has 2 rings (SSSR count). The van der Waals surface area contributed by atoms with Gasteiger partial charge in [-0.25, -0.2) is 0 Å². The fourth-order valence-corrected chi connectivity index (χ4v) is 1.89. The van der Waals surface area contributed by atoms with E-state index in [1.165, 1.54) is 6.42 Å². The third-order valence-electron chi connectivity index (χ3n) is 2.93. The maximum Gasteiger partial charge on any atom is 0.151 e. The molecule has 16 heavy (non-hydrogen) atoms. The Morgan fingerprint density at radius 2 is 2.06 bits per heavy atom. The van der Waals surface area contributed by atoms with Gasteiger partial charge < -0.3 is 10.2 Å². The van der Waals surface area contributed by atoms with Crippen molar-refractivity contribution in [3.05, 3.63) is 17.8 Å². The van der Waals surface area contributed by atoms with Crippen LogP contribution >= 0.6 is 0 Å². The van der Waals surface area contributed by atoms with E-state index in [-0.39, 0.29) is 0 Å². The van der Waals surface area contributed by atoms with Crippen LogP contribution in [-0.4, -0.2) is 36.4 Å². The third-order valence-corrected chi connectivity index (χ3v) is 2.93. The lowest BCUT2D eigenvalue weighted by atomic mass is 10.1. The van der Waals surface area contributed by atoms with E-state index in [1.54, 1.807) is 0 Å². The van der Waals surface area contributed by atoms with Crippen molar-refractivity contribution in [2.24, 2.45) is 0 Å². The van der Waals surface area contributed by atoms with E-state index >= 15 is 0 Å². The second-order valence-corrected chi connectivity index (χ2v) is 4.56. The highest BCUT2D eigenvalue weighted by Crippen LogP contribution is 2.15. The molecule has 0 radical (unpaired) electrons. The summed E-state index contributed by atoms with van der Waals surface area (Å²) in [6, 6.07) is 4.18. The molecule has 88 valence electrons. The molecule has 0 bridgehead atoms. The van der Waals surface area contributed by atoms with Gasteiger partial charge in [0.1, 0.15) is 0 Å². The van der Waals surface area contributed by atoms with Crippen LogP contribution in [0.5, 0.6) is 0 Å². The van der Waals surface area contributed by atoms with Crippen molar-refractivity contribution in [3.63, 3.8) is 0 Å². The molecule has 0 saturated carbocycles. The second kappa shape index (κ2) is 5.25. The number of hydrogen-bond donors (Lipinski definition) is 1. The molecule has 1 fully saturated rings. The van der Waals surface area contributed by atoms with Gasteiger partial charge in [-0.15, -0.1) is 5.10 Å². The van der Waals surface area contributed by atoms with Crippen LogP contribution in [0, 0.1) is 0 Å². The molecule has 1 saturated heterocycles. The minimum Gasteiger partial charge on any atom is -0.354 e. The van der Waals surface area contributed by atoms with Crippen molar-refractivity contribution in [2.75, 3.05) is 31.1 Å². The molecule has 0 aliphatic carbocycles. The molecule has 0 unspecified atom stereocenters. The van der Waals surface area contributed by atoms with Gasteiger partial charge >= 0.3 is 0 Å². The molecule has 0 atom stereocenters. The smallest absolute Gasteiger partial charge is 0.151 e. The third kappa shape index (κ3) is 2.70. The molecule has 0 amide bonds. The number of nitrogens with one attached hydrogen (secondary N) is 1. The maximum absolute atomic E-state index is 4.31. The highest BCUT2D eigenvalue weighted by atomic mass is 15.3. The summed E-state index contributed by atoms with van der Waals surface area (Å²) in [5, 5.41) is 12.0. The molecule has 0 aromatic carbocycles. The number of aromatic nitrogens is 2. The fourth-order valence-electron chi connectivity index (χ4n) is 1.89. The minimum absolute atomic E-state index is 0.451. The lowest BCUT2D eigenvalue weighted by Crippen LogP contribution is -2.28. The number of hydrogen-bond acceptors (Lipinski definition) is 4. The number of nitrogens with zero attached hydrogens (tertiary/aromatic N) is 3. The van der Waals surface area contributed by atoms with E-state index in [0.717, 1.165) is 37.7 Å². The zero-order chi connectivity index (χ0) is 11.4. The molecule has 1 N–H and O–H groups in total. The van der Waals surface area contributed by atoms with E-state index in [4.69, 9.17) is 0 Å². The van der Waals surface area contributed by atoms with E-state index in [9.17, 15) is 0 Å². The van der Waals surface area contributed by atoms with Crippen LogP contribution in [0.3, 0.4) is 0 Å². The van der Waals surface area contributed by atoms with Crippen molar-refractivity contribution in [2.45, 2.75) is 26.2 Å². The van der Waals surface area contributed by atoms with Gasteiger partial charge in [0.15, 0.2) is 5.82 Å². The number of rotatable bonds is 2. The average molecular weight is 220 g/mol. The van der Waals surface area contributed by atoms with Crippen LogP contribution in [0.2, 0.25) is 0 Å². The Morgan fingerprint density at radius 3 is 2.75 bits per heavy atom. The summed E-state index contributed by atoms with van der Waals surface area (Å²) < 4.78 is 0. The van der Waals surface area contributed by atoms with Crippen LogP contribution in [0.15, 0.2) is 12.1 Å². The largest absolute Gasteiger partial charge is 0.354 e. The van der Waals surface area contributed by atoms with Crippen LogP contribution < -0.4 is 10.2 Å². The lowest BCUT2D eigenvalue weighted by Gasteiger charge is -2.20. The van der Waals surface area contributed by atoms with Gasteiger partial charge in [-0.3, -0.25) is 0 Å². The molecule has 1 aliphatic rings. The average Bonchev–Trinajstić information content (AvgIpc) is 2.57. The Labute approximate surface area is 97.1 Å². The van der Waals surface area contributed by atoms with Crippen LogP contribution in [0.1, 0.15) is 31.9 Å². The summed E-state index contributed by atoms with van der Waals surface area (Å²) in [5.74, 6) is 1.46. The molecular formula is C12H20N4. The van der Waals surface area contributed by atoms with Gasteiger partial charge in [0.2, 0.25) is 0 Å². The normalized spacial score (nSPS) is 17.6. The van der Waals surface area contributed by atoms with Gasteiger partial charge in [-0.1, -0.05) is 13.8 Å². The first kappa shape index (κ1) is 11.3. The molecule has 1 aliphatic heterocycles. The number of anilines is 1. The first-order chi connectivity index (χ1) is 7.77. The van der Waals surface area contributed by atoms with Crippen LogP contribution in [-0.2, 0) is 0 Å². The quantitative estimate of drug-likeness (QED) is 0.818. The summed E-state index contributed by atoms with van der Waals surface area (Å²) in [7, 11) is 0. The van der Waals surface area contributed by atoms with Gasteiger partial charge in [-0.05, 0) is 31.0 Å². The minimum atomic E-state index is 0.451. The highest BCUT2D eigenvalue weighted by molar-refractivity contribution is 5.37. The SMILES string of the molecule is CC(C)c1ccc(N2CCCNCC2)nn1. The molecule has 0 spiro atoms. The predicted molar refractivity (Wildman–Crippen MR) is 65.8 cm³/mol. The van der Waals surface area contributed by atoms with Crippen molar-refractivity contribution >= 4 is 5.82 Å². The zero-order valence-corrected chi connectivity index (χ0v) is 10.1. The van der Waals surface area contributed by atoms with Gasteiger partial charge in [0, 0.05) is 19.6 Å². The van der Waals surface area contributed by atoms with Crippen molar-refractivity contribution in [3.8, 4) is 0 Å². The molecule has 1 aromatic heterocycles. The Morgan fingerprint density at radius 1 is 1.19 bits per heavy atom. The second-order valence-electron chi connectivity index (χ2n) is 4.56. The van der Waals surface area contributed by atoms with E-state index in [2.05, 4.69) is 46.4 Å². The topological polar surface area (TPSA) is 41.0 Å². The lowest BCUT2D eigenvalue weighted by molar-refractivity contribution is 0.724. The standard InChI is InChI=1S/C12H20N4/c1-10(2)11-4-5-12(15-14-11)16-8-3-6-13-7-9-16/h4-5,10,13H,3,6-9H2,1-2H3.